The quantitative estimate of drug-likeness (QED) is 0.705. The summed E-state index contributed by atoms with van der Waals surface area (Å²) in [5.41, 5.74) is 0.0356. The van der Waals surface area contributed by atoms with Gasteiger partial charge in [-0.15, -0.1) is 0 Å². The van der Waals surface area contributed by atoms with Crippen LogP contribution in [-0.4, -0.2) is 62.2 Å². The molecule has 1 atom stereocenters. The Bertz CT molecular complexity index is 1060. The molecule has 3 heterocycles. The Hall–Kier alpha value is -3.23. The number of carbonyl (C=O) groups excluding carboxylic acids is 3. The summed E-state index contributed by atoms with van der Waals surface area (Å²) in [5, 5.41) is 2.89. The lowest BCUT2D eigenvalue weighted by molar-refractivity contribution is -0.133. The molecule has 0 saturated carbocycles. The fourth-order valence-electron chi connectivity index (χ4n) is 4.82. The van der Waals surface area contributed by atoms with Gasteiger partial charge in [0.2, 0.25) is 5.91 Å². The number of amides is 3. The van der Waals surface area contributed by atoms with Crippen molar-refractivity contribution in [2.75, 3.05) is 19.6 Å². The summed E-state index contributed by atoms with van der Waals surface area (Å²) >= 11 is 0. The van der Waals surface area contributed by atoms with E-state index in [2.05, 4.69) is 10.3 Å². The van der Waals surface area contributed by atoms with E-state index in [0.717, 1.165) is 31.2 Å². The summed E-state index contributed by atoms with van der Waals surface area (Å²) in [6.07, 6.45) is 6.25. The van der Waals surface area contributed by atoms with Crippen molar-refractivity contribution in [1.29, 1.82) is 0 Å². The van der Waals surface area contributed by atoms with Crippen molar-refractivity contribution in [3.05, 3.63) is 53.4 Å². The van der Waals surface area contributed by atoms with Crippen molar-refractivity contribution in [1.82, 2.24) is 24.7 Å². The van der Waals surface area contributed by atoms with Gasteiger partial charge in [0.25, 0.3) is 11.8 Å². The highest BCUT2D eigenvalue weighted by Crippen LogP contribution is 2.30. The third-order valence-electron chi connectivity index (χ3n) is 6.76. The normalized spacial score (nSPS) is 20.6. The van der Waals surface area contributed by atoms with E-state index in [1.165, 1.54) is 18.5 Å². The highest BCUT2D eigenvalue weighted by molar-refractivity contribution is 6.07. The van der Waals surface area contributed by atoms with Gasteiger partial charge in [-0.1, -0.05) is 31.9 Å². The maximum atomic E-state index is 13.6. The first-order valence-electron chi connectivity index (χ1n) is 12.0. The molecule has 1 saturated heterocycles. The third-order valence-corrected chi connectivity index (χ3v) is 6.76. The zero-order chi connectivity index (χ0) is 24.3. The highest BCUT2D eigenvalue weighted by atomic mass is 19.1. The van der Waals surface area contributed by atoms with Crippen LogP contribution < -0.4 is 5.32 Å². The van der Waals surface area contributed by atoms with Crippen molar-refractivity contribution >= 4 is 17.7 Å². The van der Waals surface area contributed by atoms with Gasteiger partial charge in [0.05, 0.1) is 12.9 Å². The Balaban J connectivity index is 1.58. The summed E-state index contributed by atoms with van der Waals surface area (Å²) in [6.45, 7) is 5.81. The van der Waals surface area contributed by atoms with Crippen LogP contribution in [0.15, 0.2) is 30.6 Å². The largest absolute Gasteiger partial charge is 0.350 e. The van der Waals surface area contributed by atoms with E-state index in [-0.39, 0.29) is 48.0 Å². The predicted molar refractivity (Wildman–Crippen MR) is 125 cm³/mol. The molecule has 2 aliphatic heterocycles. The number of imidazole rings is 1. The molecule has 1 aromatic carbocycles. The molecule has 182 valence electrons. The molecule has 1 aromatic heterocycles. The van der Waals surface area contributed by atoms with Gasteiger partial charge < -0.3 is 19.7 Å². The molecule has 0 bridgehead atoms. The van der Waals surface area contributed by atoms with Gasteiger partial charge in [-0.25, -0.2) is 9.37 Å². The number of benzene rings is 1. The zero-order valence-electron chi connectivity index (χ0n) is 19.8. The van der Waals surface area contributed by atoms with Crippen LogP contribution in [0.3, 0.4) is 0 Å². The van der Waals surface area contributed by atoms with Gasteiger partial charge in [0, 0.05) is 26.2 Å². The second-order valence-corrected chi connectivity index (χ2v) is 9.32. The van der Waals surface area contributed by atoms with E-state index in [0.29, 0.717) is 26.1 Å². The zero-order valence-corrected chi connectivity index (χ0v) is 19.8. The molecule has 34 heavy (non-hydrogen) atoms. The number of rotatable bonds is 6. The number of fused-ring (bicyclic) bond motifs is 1. The first-order chi connectivity index (χ1) is 16.3. The SMILES string of the molecule is CCCN1C(=O)c2c(C(=O)N3CCCCCC3)ncn2C[C@@]1(C)C(=O)NCc1ccc(F)cc1. The molecular weight excluding hydrogens is 437 g/mol. The minimum atomic E-state index is -1.15. The van der Waals surface area contributed by atoms with E-state index in [1.807, 2.05) is 6.92 Å². The number of aromatic nitrogens is 2. The minimum Gasteiger partial charge on any atom is -0.350 e. The Morgan fingerprint density at radius 2 is 1.79 bits per heavy atom. The number of nitrogens with one attached hydrogen (secondary N) is 1. The number of hydrogen-bond donors (Lipinski definition) is 1. The van der Waals surface area contributed by atoms with Gasteiger partial charge in [-0.3, -0.25) is 14.4 Å². The molecule has 8 nitrogen and oxygen atoms in total. The van der Waals surface area contributed by atoms with Crippen molar-refractivity contribution in [2.24, 2.45) is 0 Å². The summed E-state index contributed by atoms with van der Waals surface area (Å²) in [6, 6.07) is 5.92. The van der Waals surface area contributed by atoms with Gasteiger partial charge in [0.1, 0.15) is 17.1 Å². The van der Waals surface area contributed by atoms with Gasteiger partial charge in [-0.2, -0.15) is 0 Å². The Kier molecular flexibility index (Phi) is 7.00. The number of nitrogens with zero attached hydrogens (tertiary/aromatic N) is 4. The number of halogens is 1. The monoisotopic (exact) mass is 469 g/mol. The Morgan fingerprint density at radius 3 is 2.44 bits per heavy atom. The Labute approximate surface area is 199 Å². The van der Waals surface area contributed by atoms with Crippen LogP contribution in [0.5, 0.6) is 0 Å². The smallest absolute Gasteiger partial charge is 0.274 e. The van der Waals surface area contributed by atoms with Crippen LogP contribution in [0.4, 0.5) is 4.39 Å². The average Bonchev–Trinajstić information content (AvgIpc) is 3.05. The number of likely N-dealkylation sites (tertiary alicyclic amines) is 1. The lowest BCUT2D eigenvalue weighted by Gasteiger charge is -2.43. The maximum absolute atomic E-state index is 13.6. The maximum Gasteiger partial charge on any atom is 0.274 e. The second-order valence-electron chi connectivity index (χ2n) is 9.32. The van der Waals surface area contributed by atoms with Crippen LogP contribution in [0.1, 0.15) is 72.5 Å². The van der Waals surface area contributed by atoms with Gasteiger partial charge >= 0.3 is 0 Å². The standard InChI is InChI=1S/C25H32FN5O3/c1-3-12-31-23(33)21-20(22(32)29-13-6-4-5-7-14-29)28-17-30(21)16-25(31,2)24(34)27-15-18-8-10-19(26)11-9-18/h8-11,17H,3-7,12-16H2,1-2H3,(H,27,34)/t25-/m0/s1. The molecule has 1 N–H and O–H groups in total. The number of hydrogen-bond acceptors (Lipinski definition) is 4. The molecule has 1 fully saturated rings. The van der Waals surface area contributed by atoms with E-state index < -0.39 is 5.54 Å². The van der Waals surface area contributed by atoms with Crippen LogP contribution in [0, 0.1) is 5.82 Å². The average molecular weight is 470 g/mol. The fourth-order valence-corrected chi connectivity index (χ4v) is 4.82. The molecular formula is C25H32FN5O3. The molecule has 2 aliphatic rings. The van der Waals surface area contributed by atoms with Crippen LogP contribution in [0.25, 0.3) is 0 Å². The van der Waals surface area contributed by atoms with E-state index >= 15 is 0 Å². The van der Waals surface area contributed by atoms with Crippen LogP contribution in [0.2, 0.25) is 0 Å². The summed E-state index contributed by atoms with van der Waals surface area (Å²) in [4.78, 5) is 47.9. The van der Waals surface area contributed by atoms with Crippen LogP contribution >= 0.6 is 0 Å². The van der Waals surface area contributed by atoms with Crippen LogP contribution in [-0.2, 0) is 17.9 Å². The van der Waals surface area contributed by atoms with E-state index in [4.69, 9.17) is 0 Å². The molecule has 2 aromatic rings. The molecule has 9 heteroatoms. The molecule has 0 spiro atoms. The molecule has 4 rings (SSSR count). The topological polar surface area (TPSA) is 87.5 Å². The fraction of sp³-hybridized carbons (Fsp3) is 0.520. The molecule has 3 amide bonds. The lowest BCUT2D eigenvalue weighted by Crippen LogP contribution is -2.64. The summed E-state index contributed by atoms with van der Waals surface area (Å²) < 4.78 is 14.8. The van der Waals surface area contributed by atoms with E-state index in [1.54, 1.807) is 33.4 Å². The van der Waals surface area contributed by atoms with Crippen molar-refractivity contribution in [3.8, 4) is 0 Å². The predicted octanol–water partition coefficient (Wildman–Crippen LogP) is 2.98. The highest BCUT2D eigenvalue weighted by Gasteiger charge is 2.48. The van der Waals surface area contributed by atoms with Crippen molar-refractivity contribution < 1.29 is 18.8 Å². The van der Waals surface area contributed by atoms with Crippen molar-refractivity contribution in [2.45, 2.75) is 64.6 Å². The third kappa shape index (κ3) is 4.56. The Morgan fingerprint density at radius 1 is 1.12 bits per heavy atom. The first kappa shape index (κ1) is 23.9. The van der Waals surface area contributed by atoms with Crippen molar-refractivity contribution in [3.63, 3.8) is 0 Å². The lowest BCUT2D eigenvalue weighted by atomic mass is 9.93. The summed E-state index contributed by atoms with van der Waals surface area (Å²) in [7, 11) is 0. The number of carbonyl (C=O) groups is 3. The van der Waals surface area contributed by atoms with E-state index in [9.17, 15) is 18.8 Å². The summed E-state index contributed by atoms with van der Waals surface area (Å²) in [5.74, 6) is -1.22. The van der Waals surface area contributed by atoms with Gasteiger partial charge in [-0.05, 0) is 43.9 Å². The van der Waals surface area contributed by atoms with Gasteiger partial charge in [0.15, 0.2) is 5.69 Å². The molecule has 0 aliphatic carbocycles. The molecule has 0 unspecified atom stereocenters. The first-order valence-corrected chi connectivity index (χ1v) is 12.0. The second kappa shape index (κ2) is 9.95. The minimum absolute atomic E-state index is 0.168. The molecule has 0 radical (unpaired) electrons.